The molecule has 1 rings (SSSR count). The van der Waals surface area contributed by atoms with E-state index in [2.05, 4.69) is 0 Å². The molecule has 100 valence electrons. The van der Waals surface area contributed by atoms with Gasteiger partial charge in [-0.2, -0.15) is 16.8 Å². The molecule has 1 aromatic carbocycles. The predicted octanol–water partition coefficient (Wildman–Crippen LogP) is 0.361. The summed E-state index contributed by atoms with van der Waals surface area (Å²) in [7, 11) is -10.7. The van der Waals surface area contributed by atoms with Gasteiger partial charge in [0, 0.05) is 5.56 Å². The fourth-order valence-electron chi connectivity index (χ4n) is 1.22. The molecule has 0 heterocycles. The molecule has 0 unspecified atom stereocenters. The van der Waals surface area contributed by atoms with Crippen molar-refractivity contribution in [2.45, 2.75) is 11.0 Å². The van der Waals surface area contributed by atoms with Crippen LogP contribution in [0.5, 0.6) is 0 Å². The zero-order valence-corrected chi connectivity index (χ0v) is 10.8. The number of hydrogen-bond acceptors (Lipinski definition) is 5. The molecule has 0 radical (unpaired) electrons. The van der Waals surface area contributed by atoms with Crippen LogP contribution in [0.15, 0.2) is 30.3 Å². The third-order valence-electron chi connectivity index (χ3n) is 2.43. The van der Waals surface area contributed by atoms with Crippen LogP contribution < -0.4 is 0 Å². The Labute approximate surface area is 104 Å². The van der Waals surface area contributed by atoms with Crippen molar-refractivity contribution in [1.82, 2.24) is 0 Å². The Morgan fingerprint density at radius 2 is 1.39 bits per heavy atom. The summed E-state index contributed by atoms with van der Waals surface area (Å²) in [5.41, 5.74) is -0.268. The molecule has 0 bridgehead atoms. The van der Waals surface area contributed by atoms with Crippen LogP contribution in [0.25, 0.3) is 0 Å². The highest BCUT2D eigenvalue weighted by molar-refractivity contribution is 8.06. The van der Waals surface area contributed by atoms with E-state index in [1.807, 2.05) is 0 Å². The molecule has 0 aliphatic carbocycles. The number of carbonyl (C=O) groups is 1. The molecule has 0 saturated carbocycles. The summed E-state index contributed by atoms with van der Waals surface area (Å²) in [5, 5.41) is 0. The topological polar surface area (TPSA) is 126 Å². The number of carbonyl (C=O) groups excluding carboxylic acids is 1. The SMILES string of the molecule is CC(C(=O)c1ccccc1)(S(=O)(=O)O)S(=O)(=O)O. The Hall–Kier alpha value is -1.29. The summed E-state index contributed by atoms with van der Waals surface area (Å²) in [6.45, 7) is 0.424. The molecule has 0 atom stereocenters. The van der Waals surface area contributed by atoms with Crippen LogP contribution in [0.4, 0.5) is 0 Å². The van der Waals surface area contributed by atoms with Crippen molar-refractivity contribution in [3.05, 3.63) is 35.9 Å². The fourth-order valence-corrected chi connectivity index (χ4v) is 2.99. The van der Waals surface area contributed by atoms with E-state index < -0.39 is 30.1 Å². The van der Waals surface area contributed by atoms with E-state index in [1.54, 1.807) is 0 Å². The second-order valence-corrected chi connectivity index (χ2v) is 7.38. The zero-order valence-electron chi connectivity index (χ0n) is 9.14. The van der Waals surface area contributed by atoms with Crippen molar-refractivity contribution in [1.29, 1.82) is 0 Å². The van der Waals surface area contributed by atoms with Crippen molar-refractivity contribution in [2.24, 2.45) is 0 Å². The fraction of sp³-hybridized carbons (Fsp3) is 0.222. The Balaban J connectivity index is 3.56. The van der Waals surface area contributed by atoms with E-state index in [4.69, 9.17) is 9.11 Å². The minimum Gasteiger partial charge on any atom is -0.291 e. The van der Waals surface area contributed by atoms with E-state index in [-0.39, 0.29) is 5.56 Å². The van der Waals surface area contributed by atoms with Gasteiger partial charge < -0.3 is 0 Å². The molecule has 9 heteroatoms. The molecule has 2 N–H and O–H groups in total. The minimum atomic E-state index is -5.36. The molecule has 0 aromatic heterocycles. The maximum Gasteiger partial charge on any atom is 0.295 e. The molecule has 1 aromatic rings. The summed E-state index contributed by atoms with van der Waals surface area (Å²) in [6.07, 6.45) is 0. The van der Waals surface area contributed by atoms with Crippen molar-refractivity contribution < 1.29 is 30.7 Å². The van der Waals surface area contributed by atoms with Gasteiger partial charge in [-0.15, -0.1) is 0 Å². The number of benzene rings is 1. The second kappa shape index (κ2) is 4.43. The lowest BCUT2D eigenvalue weighted by Gasteiger charge is -2.21. The van der Waals surface area contributed by atoms with Gasteiger partial charge in [-0.05, 0) is 6.92 Å². The predicted molar refractivity (Wildman–Crippen MR) is 62.3 cm³/mol. The minimum absolute atomic E-state index is 0.268. The maximum atomic E-state index is 11.9. The van der Waals surface area contributed by atoms with Gasteiger partial charge in [0.15, 0.2) is 0 Å². The van der Waals surface area contributed by atoms with Crippen molar-refractivity contribution in [2.75, 3.05) is 0 Å². The molecule has 0 spiro atoms. The van der Waals surface area contributed by atoms with Gasteiger partial charge in [0.05, 0.1) is 0 Å². The third kappa shape index (κ3) is 2.29. The van der Waals surface area contributed by atoms with Crippen LogP contribution in [0, 0.1) is 0 Å². The lowest BCUT2D eigenvalue weighted by atomic mass is 10.1. The summed E-state index contributed by atoms with van der Waals surface area (Å²) in [4.78, 5) is 11.9. The third-order valence-corrected chi connectivity index (χ3v) is 6.04. The average molecular weight is 294 g/mol. The Kier molecular flexibility index (Phi) is 3.63. The highest BCUT2D eigenvalue weighted by Gasteiger charge is 2.57. The van der Waals surface area contributed by atoms with Crippen LogP contribution >= 0.6 is 0 Å². The number of Topliss-reactive ketones (excluding diaryl/α,β-unsaturated/α-hetero) is 1. The lowest BCUT2D eigenvalue weighted by Crippen LogP contribution is -2.50. The number of hydrogen-bond donors (Lipinski definition) is 2. The molecule has 0 aliphatic heterocycles. The lowest BCUT2D eigenvalue weighted by molar-refractivity contribution is 0.0971. The van der Waals surface area contributed by atoms with Crippen LogP contribution in [0.2, 0.25) is 0 Å². The van der Waals surface area contributed by atoms with Crippen molar-refractivity contribution in [3.8, 4) is 0 Å². The van der Waals surface area contributed by atoms with E-state index in [9.17, 15) is 21.6 Å². The first-order chi connectivity index (χ1) is 8.02. The van der Waals surface area contributed by atoms with Crippen LogP contribution in [-0.2, 0) is 20.2 Å². The molecular weight excluding hydrogens is 284 g/mol. The molecule has 0 saturated heterocycles. The molecule has 0 aliphatic rings. The maximum absolute atomic E-state index is 11.9. The smallest absolute Gasteiger partial charge is 0.291 e. The molecule has 18 heavy (non-hydrogen) atoms. The van der Waals surface area contributed by atoms with Crippen LogP contribution in [0.3, 0.4) is 0 Å². The first-order valence-electron chi connectivity index (χ1n) is 4.55. The Morgan fingerprint density at radius 3 is 1.72 bits per heavy atom. The largest absolute Gasteiger partial charge is 0.295 e. The van der Waals surface area contributed by atoms with Gasteiger partial charge in [-0.25, -0.2) is 0 Å². The van der Waals surface area contributed by atoms with Gasteiger partial charge >= 0.3 is 0 Å². The van der Waals surface area contributed by atoms with Crippen LogP contribution in [0.1, 0.15) is 17.3 Å². The average Bonchev–Trinajstić information content (AvgIpc) is 2.25. The standard InChI is InChI=1S/C9H10O7S2/c1-9(17(11,12)13,18(14,15)16)8(10)7-5-3-2-4-6-7/h2-6H,1H3,(H,11,12,13)(H,14,15,16). The van der Waals surface area contributed by atoms with Crippen molar-refractivity contribution in [3.63, 3.8) is 0 Å². The highest BCUT2D eigenvalue weighted by Crippen LogP contribution is 2.27. The van der Waals surface area contributed by atoms with E-state index in [0.29, 0.717) is 6.92 Å². The van der Waals surface area contributed by atoms with E-state index in [1.165, 1.54) is 18.2 Å². The van der Waals surface area contributed by atoms with Gasteiger partial charge in [0.1, 0.15) is 0 Å². The number of rotatable bonds is 4. The van der Waals surface area contributed by atoms with Gasteiger partial charge in [0.25, 0.3) is 24.3 Å². The Bertz CT molecular complexity index is 626. The molecule has 0 fully saturated rings. The molecular formula is C9H10O7S2. The summed E-state index contributed by atoms with van der Waals surface area (Å²) in [6, 6.07) is 6.60. The molecule has 7 nitrogen and oxygen atoms in total. The van der Waals surface area contributed by atoms with E-state index >= 15 is 0 Å². The monoisotopic (exact) mass is 294 g/mol. The Morgan fingerprint density at radius 1 is 1.00 bits per heavy atom. The summed E-state index contributed by atoms with van der Waals surface area (Å²) in [5.74, 6) is -1.44. The summed E-state index contributed by atoms with van der Waals surface area (Å²) >= 11 is 0. The zero-order chi connectivity index (χ0) is 14.2. The normalized spacial score (nSPS) is 13.3. The van der Waals surface area contributed by atoms with Gasteiger partial charge in [0.2, 0.25) is 5.78 Å². The van der Waals surface area contributed by atoms with Crippen molar-refractivity contribution >= 4 is 26.0 Å². The summed E-state index contributed by atoms with van der Waals surface area (Å²) < 4.78 is 58.9. The first-order valence-corrected chi connectivity index (χ1v) is 7.43. The van der Waals surface area contributed by atoms with Crippen LogP contribution in [-0.4, -0.2) is 35.8 Å². The first kappa shape index (κ1) is 14.8. The van der Waals surface area contributed by atoms with Gasteiger partial charge in [-0.3, -0.25) is 13.9 Å². The second-order valence-electron chi connectivity index (χ2n) is 3.59. The molecule has 0 amide bonds. The van der Waals surface area contributed by atoms with E-state index in [0.717, 1.165) is 12.1 Å². The van der Waals surface area contributed by atoms with Gasteiger partial charge in [-0.1, -0.05) is 30.3 Å². The number of ketones is 1. The highest BCUT2D eigenvalue weighted by atomic mass is 32.3. The quantitative estimate of drug-likeness (QED) is 0.606.